The summed E-state index contributed by atoms with van der Waals surface area (Å²) in [5, 5.41) is 11.0. The number of hydrogen-bond acceptors (Lipinski definition) is 6. The number of carbonyl (C=O) groups excluding carboxylic acids is 1. The molecule has 2 aromatic heterocycles. The number of nitrogens with one attached hydrogen (secondary N) is 2. The molecule has 0 radical (unpaired) electrons. The van der Waals surface area contributed by atoms with E-state index in [1.54, 1.807) is 13.0 Å². The number of anilines is 1. The third kappa shape index (κ3) is 3.40. The highest BCUT2D eigenvalue weighted by Gasteiger charge is 2.18. The predicted octanol–water partition coefficient (Wildman–Crippen LogP) is 3.50. The third-order valence-corrected chi connectivity index (χ3v) is 4.94. The van der Waals surface area contributed by atoms with E-state index in [1.165, 1.54) is 23.1 Å². The first-order valence-electron chi connectivity index (χ1n) is 6.44. The molecule has 1 amide bonds. The van der Waals surface area contributed by atoms with Gasteiger partial charge in [0.25, 0.3) is 0 Å². The normalized spacial score (nSPS) is 12.5. The van der Waals surface area contributed by atoms with Crippen molar-refractivity contribution < 1.29 is 4.79 Å². The number of H-pyrrole nitrogens is 1. The SMILES string of the molecule is Cc1nc(SC(C)C(=O)Nc2nc3ccc(Cl)cc3s2)n[nH]1. The molecule has 1 aromatic carbocycles. The Morgan fingerprint density at radius 1 is 1.45 bits per heavy atom. The Labute approximate surface area is 139 Å². The first-order chi connectivity index (χ1) is 10.5. The zero-order valence-corrected chi connectivity index (χ0v) is 14.1. The van der Waals surface area contributed by atoms with Crippen LogP contribution in [0.2, 0.25) is 5.02 Å². The maximum Gasteiger partial charge on any atom is 0.239 e. The molecule has 0 spiro atoms. The summed E-state index contributed by atoms with van der Waals surface area (Å²) in [5.41, 5.74) is 0.814. The minimum absolute atomic E-state index is 0.141. The number of amides is 1. The van der Waals surface area contributed by atoms with Crippen LogP contribution < -0.4 is 5.32 Å². The second-order valence-electron chi connectivity index (χ2n) is 4.58. The van der Waals surface area contributed by atoms with Crippen LogP contribution in [0.15, 0.2) is 23.4 Å². The van der Waals surface area contributed by atoms with E-state index in [4.69, 9.17) is 11.6 Å². The minimum Gasteiger partial charge on any atom is -0.301 e. The molecule has 0 aliphatic heterocycles. The number of carbonyl (C=O) groups is 1. The number of aromatic amines is 1. The van der Waals surface area contributed by atoms with E-state index in [0.717, 1.165) is 16.0 Å². The number of rotatable bonds is 4. The Morgan fingerprint density at radius 3 is 3.00 bits per heavy atom. The number of aryl methyl sites for hydroxylation is 1. The maximum atomic E-state index is 12.2. The van der Waals surface area contributed by atoms with Gasteiger partial charge in [-0.05, 0) is 32.0 Å². The lowest BCUT2D eigenvalue weighted by Gasteiger charge is -2.07. The van der Waals surface area contributed by atoms with Gasteiger partial charge >= 0.3 is 0 Å². The number of aromatic nitrogens is 4. The van der Waals surface area contributed by atoms with E-state index in [0.29, 0.717) is 15.3 Å². The van der Waals surface area contributed by atoms with Crippen molar-refractivity contribution in [2.45, 2.75) is 24.3 Å². The van der Waals surface area contributed by atoms with Crippen molar-refractivity contribution in [1.82, 2.24) is 20.2 Å². The summed E-state index contributed by atoms with van der Waals surface area (Å²) < 4.78 is 0.938. The molecule has 9 heteroatoms. The average molecular weight is 354 g/mol. The third-order valence-electron chi connectivity index (χ3n) is 2.81. The fourth-order valence-electron chi connectivity index (χ4n) is 1.75. The summed E-state index contributed by atoms with van der Waals surface area (Å²) in [6.07, 6.45) is 0. The quantitative estimate of drug-likeness (QED) is 0.701. The van der Waals surface area contributed by atoms with Crippen LogP contribution in [0, 0.1) is 6.92 Å². The lowest BCUT2D eigenvalue weighted by molar-refractivity contribution is -0.115. The number of thioether (sulfide) groups is 1. The summed E-state index contributed by atoms with van der Waals surface area (Å²) >= 11 is 8.63. The minimum atomic E-state index is -0.328. The molecule has 114 valence electrons. The van der Waals surface area contributed by atoms with Crippen molar-refractivity contribution in [2.75, 3.05) is 5.32 Å². The topological polar surface area (TPSA) is 83.6 Å². The standard InChI is InChI=1S/C13H12ClN5OS2/c1-6(21-13-15-7(2)18-19-13)11(20)17-12-16-9-4-3-8(14)5-10(9)22-12/h3-6H,1-2H3,(H,15,18,19)(H,16,17,20). The van der Waals surface area contributed by atoms with Crippen molar-refractivity contribution in [2.24, 2.45) is 0 Å². The van der Waals surface area contributed by atoms with Crippen LogP contribution in [-0.4, -0.2) is 31.3 Å². The molecule has 1 atom stereocenters. The Morgan fingerprint density at radius 2 is 2.27 bits per heavy atom. The van der Waals surface area contributed by atoms with E-state index in [1.807, 2.05) is 19.1 Å². The van der Waals surface area contributed by atoms with Gasteiger partial charge in [-0.25, -0.2) is 9.97 Å². The van der Waals surface area contributed by atoms with Crippen LogP contribution in [0.3, 0.4) is 0 Å². The zero-order chi connectivity index (χ0) is 15.7. The summed E-state index contributed by atoms with van der Waals surface area (Å²) in [7, 11) is 0. The van der Waals surface area contributed by atoms with E-state index in [-0.39, 0.29) is 11.2 Å². The molecule has 3 aromatic rings. The highest BCUT2D eigenvalue weighted by atomic mass is 35.5. The van der Waals surface area contributed by atoms with Crippen LogP contribution in [0.4, 0.5) is 5.13 Å². The average Bonchev–Trinajstić information content (AvgIpc) is 3.04. The molecule has 1 unspecified atom stereocenters. The molecule has 2 N–H and O–H groups in total. The fourth-order valence-corrected chi connectivity index (χ4v) is 3.66. The molecule has 0 saturated heterocycles. The molecule has 0 saturated carbocycles. The van der Waals surface area contributed by atoms with Crippen LogP contribution in [0.25, 0.3) is 10.2 Å². The van der Waals surface area contributed by atoms with Gasteiger partial charge in [-0.1, -0.05) is 34.7 Å². The van der Waals surface area contributed by atoms with Crippen LogP contribution in [0.5, 0.6) is 0 Å². The Balaban J connectivity index is 1.69. The maximum absolute atomic E-state index is 12.2. The van der Waals surface area contributed by atoms with Gasteiger partial charge in [0.15, 0.2) is 5.13 Å². The van der Waals surface area contributed by atoms with Crippen molar-refractivity contribution in [3.05, 3.63) is 29.0 Å². The summed E-state index contributed by atoms with van der Waals surface area (Å²) in [6.45, 7) is 3.62. The predicted molar refractivity (Wildman–Crippen MR) is 89.7 cm³/mol. The molecule has 2 heterocycles. The number of thiazole rings is 1. The Hall–Kier alpha value is -1.64. The van der Waals surface area contributed by atoms with E-state index < -0.39 is 0 Å². The molecule has 3 rings (SSSR count). The molecule has 22 heavy (non-hydrogen) atoms. The molecule has 0 aliphatic rings. The number of halogens is 1. The van der Waals surface area contributed by atoms with Gasteiger partial charge in [-0.2, -0.15) is 0 Å². The van der Waals surface area contributed by atoms with Gasteiger partial charge in [-0.15, -0.1) is 5.10 Å². The van der Waals surface area contributed by atoms with E-state index in [9.17, 15) is 4.79 Å². The van der Waals surface area contributed by atoms with Crippen molar-refractivity contribution >= 4 is 56.0 Å². The van der Waals surface area contributed by atoms with Gasteiger partial charge in [0.1, 0.15) is 5.82 Å². The summed E-state index contributed by atoms with van der Waals surface area (Å²) in [6, 6.07) is 5.44. The van der Waals surface area contributed by atoms with Crippen molar-refractivity contribution in [3.63, 3.8) is 0 Å². The summed E-state index contributed by atoms with van der Waals surface area (Å²) in [5.74, 6) is 0.579. The van der Waals surface area contributed by atoms with Crippen molar-refractivity contribution in [3.8, 4) is 0 Å². The lowest BCUT2D eigenvalue weighted by atomic mass is 10.3. The Bertz CT molecular complexity index is 831. The largest absolute Gasteiger partial charge is 0.301 e. The first-order valence-corrected chi connectivity index (χ1v) is 8.51. The molecular weight excluding hydrogens is 342 g/mol. The zero-order valence-electron chi connectivity index (χ0n) is 11.8. The Kier molecular flexibility index (Phi) is 4.32. The van der Waals surface area contributed by atoms with Gasteiger partial charge in [-0.3, -0.25) is 9.89 Å². The van der Waals surface area contributed by atoms with Gasteiger partial charge in [0, 0.05) is 5.02 Å². The van der Waals surface area contributed by atoms with Crippen LogP contribution in [0.1, 0.15) is 12.7 Å². The number of fused-ring (bicyclic) bond motifs is 1. The van der Waals surface area contributed by atoms with Gasteiger partial charge < -0.3 is 5.32 Å². The second kappa shape index (κ2) is 6.23. The molecule has 0 bridgehead atoms. The number of benzene rings is 1. The molecule has 0 fully saturated rings. The number of nitrogens with zero attached hydrogens (tertiary/aromatic N) is 3. The van der Waals surface area contributed by atoms with E-state index >= 15 is 0 Å². The second-order valence-corrected chi connectivity index (χ2v) is 7.36. The fraction of sp³-hybridized carbons (Fsp3) is 0.231. The molecule has 0 aliphatic carbocycles. The van der Waals surface area contributed by atoms with Crippen molar-refractivity contribution in [1.29, 1.82) is 0 Å². The first kappa shape index (κ1) is 15.3. The van der Waals surface area contributed by atoms with E-state index in [2.05, 4.69) is 25.5 Å². The number of hydrogen-bond donors (Lipinski definition) is 2. The van der Waals surface area contributed by atoms with Gasteiger partial charge in [0.2, 0.25) is 11.1 Å². The summed E-state index contributed by atoms with van der Waals surface area (Å²) in [4.78, 5) is 20.8. The molecular formula is C13H12ClN5OS2. The lowest BCUT2D eigenvalue weighted by Crippen LogP contribution is -2.22. The smallest absolute Gasteiger partial charge is 0.239 e. The molecule has 6 nitrogen and oxygen atoms in total. The highest BCUT2D eigenvalue weighted by molar-refractivity contribution is 8.00. The van der Waals surface area contributed by atoms with Crippen LogP contribution in [-0.2, 0) is 4.79 Å². The monoisotopic (exact) mass is 353 g/mol. The highest BCUT2D eigenvalue weighted by Crippen LogP contribution is 2.29. The van der Waals surface area contributed by atoms with Crippen LogP contribution >= 0.6 is 34.7 Å². The van der Waals surface area contributed by atoms with Gasteiger partial charge in [0.05, 0.1) is 15.5 Å².